The van der Waals surface area contributed by atoms with Crippen molar-refractivity contribution >= 4 is 33.3 Å². The molecule has 1 atom stereocenters. The second-order valence-corrected chi connectivity index (χ2v) is 5.57. The molecule has 0 aliphatic heterocycles. The van der Waals surface area contributed by atoms with E-state index in [4.69, 9.17) is 0 Å². The molecule has 18 heavy (non-hydrogen) atoms. The second kappa shape index (κ2) is 5.52. The van der Waals surface area contributed by atoms with Crippen molar-refractivity contribution < 1.29 is 0 Å². The Balaban J connectivity index is 2.38. The van der Waals surface area contributed by atoms with Crippen LogP contribution in [-0.2, 0) is 0 Å². The Morgan fingerprint density at radius 1 is 1.44 bits per heavy atom. The monoisotopic (exact) mass is 264 g/mol. The molecule has 98 valence electrons. The molecule has 0 radical (unpaired) electrons. The third-order valence-corrected chi connectivity index (χ3v) is 4.05. The van der Waals surface area contributed by atoms with Crippen molar-refractivity contribution in [3.8, 4) is 0 Å². The van der Waals surface area contributed by atoms with Crippen LogP contribution in [0.1, 0.15) is 20.3 Å². The second-order valence-electron chi connectivity index (χ2n) is 4.65. The van der Waals surface area contributed by atoms with E-state index in [0.717, 1.165) is 17.9 Å². The molecule has 0 aliphatic rings. The average Bonchev–Trinajstić information content (AvgIpc) is 2.85. The number of anilines is 2. The lowest BCUT2D eigenvalue weighted by Gasteiger charge is -2.22. The van der Waals surface area contributed by atoms with E-state index in [1.165, 1.54) is 11.1 Å². The van der Waals surface area contributed by atoms with Gasteiger partial charge in [-0.05, 0) is 17.4 Å². The van der Waals surface area contributed by atoms with Gasteiger partial charge in [0.15, 0.2) is 5.82 Å². The normalized spacial score (nSPS) is 12.7. The average molecular weight is 264 g/mol. The standard InChI is InChI=1S/C13H20N4S/c1-5-9(2)8-17(4)12-11-10(6-7-18-11)15-13(14-3)16-12/h6-7,9H,5,8H2,1-4H3,(H,14,15,16). The van der Waals surface area contributed by atoms with Gasteiger partial charge in [0.2, 0.25) is 5.95 Å². The van der Waals surface area contributed by atoms with Crippen LogP contribution in [0.15, 0.2) is 11.4 Å². The van der Waals surface area contributed by atoms with Gasteiger partial charge in [-0.2, -0.15) is 4.98 Å². The van der Waals surface area contributed by atoms with Crippen LogP contribution in [0.5, 0.6) is 0 Å². The third kappa shape index (κ3) is 2.56. The fraction of sp³-hybridized carbons (Fsp3) is 0.538. The van der Waals surface area contributed by atoms with E-state index in [-0.39, 0.29) is 0 Å². The van der Waals surface area contributed by atoms with Crippen LogP contribution in [0.3, 0.4) is 0 Å². The predicted octanol–water partition coefficient (Wildman–Crippen LogP) is 3.22. The molecule has 2 aromatic rings. The number of thiophene rings is 1. The number of aromatic nitrogens is 2. The maximum atomic E-state index is 4.59. The summed E-state index contributed by atoms with van der Waals surface area (Å²) in [5.41, 5.74) is 1.02. The number of fused-ring (bicyclic) bond motifs is 1. The van der Waals surface area contributed by atoms with E-state index >= 15 is 0 Å². The third-order valence-electron chi connectivity index (χ3n) is 3.15. The molecular formula is C13H20N4S. The first kappa shape index (κ1) is 13.1. The molecule has 0 aromatic carbocycles. The Morgan fingerprint density at radius 2 is 2.22 bits per heavy atom. The van der Waals surface area contributed by atoms with E-state index in [1.807, 2.05) is 13.1 Å². The van der Waals surface area contributed by atoms with Crippen molar-refractivity contribution in [1.29, 1.82) is 0 Å². The minimum Gasteiger partial charge on any atom is -0.358 e. The summed E-state index contributed by atoms with van der Waals surface area (Å²) >= 11 is 1.70. The van der Waals surface area contributed by atoms with Crippen LogP contribution in [0, 0.1) is 5.92 Å². The van der Waals surface area contributed by atoms with Gasteiger partial charge in [-0.25, -0.2) is 4.98 Å². The first-order valence-corrected chi connectivity index (χ1v) is 7.17. The highest BCUT2D eigenvalue weighted by Gasteiger charge is 2.14. The van der Waals surface area contributed by atoms with Gasteiger partial charge in [0.25, 0.3) is 0 Å². The van der Waals surface area contributed by atoms with Gasteiger partial charge in [-0.3, -0.25) is 0 Å². The first-order valence-electron chi connectivity index (χ1n) is 6.29. The van der Waals surface area contributed by atoms with Crippen molar-refractivity contribution in [2.24, 2.45) is 5.92 Å². The molecule has 2 aromatic heterocycles. The zero-order valence-electron chi connectivity index (χ0n) is 11.4. The number of hydrogen-bond acceptors (Lipinski definition) is 5. The Labute approximate surface area is 112 Å². The fourth-order valence-corrected chi connectivity index (χ4v) is 2.78. The lowest BCUT2D eigenvalue weighted by atomic mass is 10.1. The molecule has 0 spiro atoms. The summed E-state index contributed by atoms with van der Waals surface area (Å²) in [4.78, 5) is 11.3. The molecule has 0 saturated heterocycles. The Kier molecular flexibility index (Phi) is 4.01. The van der Waals surface area contributed by atoms with Gasteiger partial charge in [0, 0.05) is 20.6 Å². The van der Waals surface area contributed by atoms with Gasteiger partial charge < -0.3 is 10.2 Å². The Morgan fingerprint density at radius 3 is 2.89 bits per heavy atom. The highest BCUT2D eigenvalue weighted by Crippen LogP contribution is 2.29. The lowest BCUT2D eigenvalue weighted by Crippen LogP contribution is -2.25. The molecule has 0 amide bonds. The highest BCUT2D eigenvalue weighted by atomic mass is 32.1. The van der Waals surface area contributed by atoms with Crippen molar-refractivity contribution in [2.75, 3.05) is 30.9 Å². The van der Waals surface area contributed by atoms with Gasteiger partial charge in [-0.15, -0.1) is 11.3 Å². The summed E-state index contributed by atoms with van der Waals surface area (Å²) in [5, 5.41) is 5.10. The molecule has 2 rings (SSSR count). The number of nitrogens with zero attached hydrogens (tertiary/aromatic N) is 3. The summed E-state index contributed by atoms with van der Waals surface area (Å²) in [6, 6.07) is 2.04. The molecular weight excluding hydrogens is 244 g/mol. The van der Waals surface area contributed by atoms with Gasteiger partial charge in [0.05, 0.1) is 10.2 Å². The summed E-state index contributed by atoms with van der Waals surface area (Å²) in [6.45, 7) is 5.50. The molecule has 0 aliphatic carbocycles. The van der Waals surface area contributed by atoms with Gasteiger partial charge in [-0.1, -0.05) is 20.3 Å². The number of rotatable bonds is 5. The van der Waals surface area contributed by atoms with Crippen LogP contribution >= 0.6 is 11.3 Å². The minimum absolute atomic E-state index is 0.665. The quantitative estimate of drug-likeness (QED) is 0.900. The maximum Gasteiger partial charge on any atom is 0.225 e. The minimum atomic E-state index is 0.665. The van der Waals surface area contributed by atoms with Crippen molar-refractivity contribution in [3.05, 3.63) is 11.4 Å². The summed E-state index contributed by atoms with van der Waals surface area (Å²) < 4.78 is 1.17. The van der Waals surface area contributed by atoms with Crippen LogP contribution in [0.2, 0.25) is 0 Å². The molecule has 1 unspecified atom stereocenters. The fourth-order valence-electron chi connectivity index (χ4n) is 1.90. The number of nitrogens with one attached hydrogen (secondary N) is 1. The van der Waals surface area contributed by atoms with E-state index in [0.29, 0.717) is 11.9 Å². The zero-order valence-corrected chi connectivity index (χ0v) is 12.2. The molecule has 0 fully saturated rings. The largest absolute Gasteiger partial charge is 0.358 e. The summed E-state index contributed by atoms with van der Waals surface area (Å²) in [7, 11) is 3.96. The molecule has 2 heterocycles. The molecule has 4 nitrogen and oxygen atoms in total. The van der Waals surface area contributed by atoms with Crippen molar-refractivity contribution in [2.45, 2.75) is 20.3 Å². The Hall–Kier alpha value is -1.36. The maximum absolute atomic E-state index is 4.59. The van der Waals surface area contributed by atoms with Crippen LogP contribution in [0.4, 0.5) is 11.8 Å². The molecule has 5 heteroatoms. The molecule has 1 N–H and O–H groups in total. The SMILES string of the molecule is CCC(C)CN(C)c1nc(NC)nc2ccsc12. The van der Waals surface area contributed by atoms with Crippen LogP contribution in [0.25, 0.3) is 10.2 Å². The van der Waals surface area contributed by atoms with Crippen LogP contribution < -0.4 is 10.2 Å². The van der Waals surface area contributed by atoms with E-state index in [2.05, 4.69) is 46.5 Å². The van der Waals surface area contributed by atoms with Gasteiger partial charge >= 0.3 is 0 Å². The number of hydrogen-bond donors (Lipinski definition) is 1. The summed E-state index contributed by atoms with van der Waals surface area (Å²) in [5.74, 6) is 2.38. The molecule has 0 saturated carbocycles. The van der Waals surface area contributed by atoms with E-state index in [9.17, 15) is 0 Å². The Bertz CT molecular complexity index is 523. The van der Waals surface area contributed by atoms with E-state index in [1.54, 1.807) is 11.3 Å². The lowest BCUT2D eigenvalue weighted by molar-refractivity contribution is 0.558. The zero-order chi connectivity index (χ0) is 13.1. The van der Waals surface area contributed by atoms with Gasteiger partial charge in [0.1, 0.15) is 0 Å². The highest BCUT2D eigenvalue weighted by molar-refractivity contribution is 7.17. The van der Waals surface area contributed by atoms with Crippen molar-refractivity contribution in [3.63, 3.8) is 0 Å². The smallest absolute Gasteiger partial charge is 0.225 e. The summed E-state index contributed by atoms with van der Waals surface area (Å²) in [6.07, 6.45) is 1.18. The molecule has 0 bridgehead atoms. The van der Waals surface area contributed by atoms with E-state index < -0.39 is 0 Å². The van der Waals surface area contributed by atoms with Crippen LogP contribution in [-0.4, -0.2) is 30.6 Å². The predicted molar refractivity (Wildman–Crippen MR) is 79.7 cm³/mol. The topological polar surface area (TPSA) is 41.1 Å². The van der Waals surface area contributed by atoms with Crippen molar-refractivity contribution in [1.82, 2.24) is 9.97 Å². The first-order chi connectivity index (χ1) is 8.65.